The molecule has 3 amide bonds. The first-order valence-electron chi connectivity index (χ1n) is 12.5. The average Bonchev–Trinajstić information content (AvgIpc) is 3.19. The van der Waals surface area contributed by atoms with Crippen LogP contribution < -0.4 is 5.32 Å². The van der Waals surface area contributed by atoms with Crippen LogP contribution in [0.1, 0.15) is 69.8 Å². The minimum atomic E-state index is -0.277. The predicted octanol–water partition coefficient (Wildman–Crippen LogP) is 3.50. The lowest BCUT2D eigenvalue weighted by Crippen LogP contribution is -2.48. The molecule has 174 valence electrons. The first-order chi connectivity index (χ1) is 15.6. The summed E-state index contributed by atoms with van der Waals surface area (Å²) in [5, 5.41) is 3.15. The van der Waals surface area contributed by atoms with E-state index in [1.807, 2.05) is 35.2 Å². The Morgan fingerprint density at radius 1 is 0.969 bits per heavy atom. The summed E-state index contributed by atoms with van der Waals surface area (Å²) in [4.78, 5) is 41.5. The van der Waals surface area contributed by atoms with Gasteiger partial charge in [0.25, 0.3) is 0 Å². The van der Waals surface area contributed by atoms with Gasteiger partial charge >= 0.3 is 0 Å². The van der Waals surface area contributed by atoms with Crippen molar-refractivity contribution < 1.29 is 14.4 Å². The number of amides is 3. The summed E-state index contributed by atoms with van der Waals surface area (Å²) in [6.07, 6.45) is 10.2. The molecule has 1 aromatic rings. The van der Waals surface area contributed by atoms with Gasteiger partial charge in [0, 0.05) is 45.1 Å². The molecule has 2 heterocycles. The average molecular weight is 440 g/mol. The molecule has 1 N–H and O–H groups in total. The van der Waals surface area contributed by atoms with Crippen LogP contribution in [0.4, 0.5) is 0 Å². The summed E-state index contributed by atoms with van der Waals surface area (Å²) in [6.45, 7) is 2.49. The molecule has 0 bridgehead atoms. The van der Waals surface area contributed by atoms with Crippen LogP contribution in [0.3, 0.4) is 0 Å². The van der Waals surface area contributed by atoms with Crippen LogP contribution in [-0.4, -0.2) is 53.2 Å². The van der Waals surface area contributed by atoms with Crippen LogP contribution in [-0.2, 0) is 20.9 Å². The van der Waals surface area contributed by atoms with E-state index in [2.05, 4.69) is 5.32 Å². The fourth-order valence-electron chi connectivity index (χ4n) is 5.46. The standard InChI is InChI=1S/C26H37N3O3/c30-24(12-11-20-7-3-1-4-8-20)28-15-13-23(14-16-28)27-26(32)22-17-25(31)29(19-22)18-21-9-5-2-6-10-21/h2,5-6,9-10,20,22-23H,1,3-4,7-8,11-19H2,(H,27,32). The zero-order chi connectivity index (χ0) is 22.3. The van der Waals surface area contributed by atoms with Crippen molar-refractivity contribution in [2.24, 2.45) is 11.8 Å². The Labute approximate surface area is 191 Å². The molecule has 0 aromatic heterocycles. The van der Waals surface area contributed by atoms with Crippen molar-refractivity contribution in [3.05, 3.63) is 35.9 Å². The van der Waals surface area contributed by atoms with E-state index in [1.165, 1.54) is 32.1 Å². The highest BCUT2D eigenvalue weighted by Gasteiger charge is 2.35. The van der Waals surface area contributed by atoms with Crippen molar-refractivity contribution in [2.75, 3.05) is 19.6 Å². The molecular weight excluding hydrogens is 402 g/mol. The maximum atomic E-state index is 12.8. The number of piperidine rings is 1. The van der Waals surface area contributed by atoms with E-state index in [0.29, 0.717) is 19.5 Å². The van der Waals surface area contributed by atoms with Gasteiger partial charge in [-0.3, -0.25) is 14.4 Å². The van der Waals surface area contributed by atoms with Crippen molar-refractivity contribution in [2.45, 2.75) is 76.8 Å². The van der Waals surface area contributed by atoms with Crippen LogP contribution >= 0.6 is 0 Å². The van der Waals surface area contributed by atoms with Gasteiger partial charge < -0.3 is 15.1 Å². The maximum Gasteiger partial charge on any atom is 0.225 e. The van der Waals surface area contributed by atoms with Gasteiger partial charge in [-0.25, -0.2) is 0 Å². The summed E-state index contributed by atoms with van der Waals surface area (Å²) in [5.74, 6) is 0.767. The van der Waals surface area contributed by atoms with Crippen LogP contribution in [0.5, 0.6) is 0 Å². The van der Waals surface area contributed by atoms with Gasteiger partial charge in [-0.1, -0.05) is 62.4 Å². The smallest absolute Gasteiger partial charge is 0.225 e. The molecule has 0 spiro atoms. The van der Waals surface area contributed by atoms with Crippen LogP contribution in [0.25, 0.3) is 0 Å². The minimum absolute atomic E-state index is 0.0176. The Balaban J connectivity index is 1.16. The lowest BCUT2D eigenvalue weighted by molar-refractivity contribution is -0.133. The van der Waals surface area contributed by atoms with Gasteiger partial charge in [-0.05, 0) is 30.7 Å². The molecule has 1 unspecified atom stereocenters. The number of rotatable bonds is 7. The first-order valence-corrected chi connectivity index (χ1v) is 12.5. The first kappa shape index (κ1) is 22.8. The zero-order valence-electron chi connectivity index (χ0n) is 19.1. The minimum Gasteiger partial charge on any atom is -0.353 e. The largest absolute Gasteiger partial charge is 0.353 e. The monoisotopic (exact) mass is 439 g/mol. The number of nitrogens with zero attached hydrogens (tertiary/aromatic N) is 2. The van der Waals surface area contributed by atoms with Gasteiger partial charge in [-0.2, -0.15) is 0 Å². The number of hydrogen-bond acceptors (Lipinski definition) is 3. The molecule has 1 atom stereocenters. The molecule has 1 aromatic carbocycles. The van der Waals surface area contributed by atoms with E-state index in [-0.39, 0.29) is 36.1 Å². The molecule has 0 radical (unpaired) electrons. The lowest BCUT2D eigenvalue weighted by Gasteiger charge is -2.33. The van der Waals surface area contributed by atoms with Gasteiger partial charge in [0.1, 0.15) is 0 Å². The van der Waals surface area contributed by atoms with Crippen LogP contribution in [0, 0.1) is 11.8 Å². The summed E-state index contributed by atoms with van der Waals surface area (Å²) < 4.78 is 0. The van der Waals surface area contributed by atoms with E-state index >= 15 is 0 Å². The second-order valence-corrected chi connectivity index (χ2v) is 9.87. The molecule has 1 saturated carbocycles. The molecule has 2 aliphatic heterocycles. The molecule has 6 nitrogen and oxygen atoms in total. The molecular formula is C26H37N3O3. The van der Waals surface area contributed by atoms with Gasteiger partial charge in [-0.15, -0.1) is 0 Å². The Morgan fingerprint density at radius 3 is 2.41 bits per heavy atom. The molecule has 4 rings (SSSR count). The molecule has 1 aliphatic carbocycles. The Morgan fingerprint density at radius 2 is 1.69 bits per heavy atom. The van der Waals surface area contributed by atoms with Crippen LogP contribution in [0.2, 0.25) is 0 Å². The van der Waals surface area contributed by atoms with E-state index in [4.69, 9.17) is 0 Å². The van der Waals surface area contributed by atoms with Gasteiger partial charge in [0.15, 0.2) is 0 Å². The van der Waals surface area contributed by atoms with E-state index in [9.17, 15) is 14.4 Å². The zero-order valence-corrected chi connectivity index (χ0v) is 19.1. The number of nitrogens with one attached hydrogen (secondary N) is 1. The second-order valence-electron chi connectivity index (χ2n) is 9.87. The Kier molecular flexibility index (Phi) is 7.82. The third-order valence-corrected chi connectivity index (χ3v) is 7.49. The summed E-state index contributed by atoms with van der Waals surface area (Å²) >= 11 is 0. The van der Waals surface area contributed by atoms with E-state index < -0.39 is 0 Å². The predicted molar refractivity (Wildman–Crippen MR) is 124 cm³/mol. The second kappa shape index (κ2) is 11.0. The Bertz CT molecular complexity index is 783. The maximum absolute atomic E-state index is 12.8. The van der Waals surface area contributed by atoms with Crippen molar-refractivity contribution in [3.8, 4) is 0 Å². The normalized spacial score (nSPS) is 22.9. The van der Waals surface area contributed by atoms with Crippen LogP contribution in [0.15, 0.2) is 30.3 Å². The molecule has 3 aliphatic rings. The van der Waals surface area contributed by atoms with Gasteiger partial charge in [0.05, 0.1) is 5.92 Å². The third-order valence-electron chi connectivity index (χ3n) is 7.49. The number of carbonyl (C=O) groups excluding carboxylic acids is 3. The SMILES string of the molecule is O=C(NC1CCN(C(=O)CCC2CCCCC2)CC1)C1CC(=O)N(Cc2ccccc2)C1. The number of benzene rings is 1. The number of likely N-dealkylation sites (tertiary alicyclic amines) is 2. The summed E-state index contributed by atoms with van der Waals surface area (Å²) in [7, 11) is 0. The highest BCUT2D eigenvalue weighted by molar-refractivity contribution is 5.89. The van der Waals surface area contributed by atoms with E-state index in [1.54, 1.807) is 4.90 Å². The highest BCUT2D eigenvalue weighted by Crippen LogP contribution is 2.28. The number of carbonyl (C=O) groups is 3. The van der Waals surface area contributed by atoms with Crippen molar-refractivity contribution in [3.63, 3.8) is 0 Å². The Hall–Kier alpha value is -2.37. The fraction of sp³-hybridized carbons (Fsp3) is 0.654. The van der Waals surface area contributed by atoms with Gasteiger partial charge in [0.2, 0.25) is 17.7 Å². The lowest BCUT2D eigenvalue weighted by atomic mass is 9.86. The van der Waals surface area contributed by atoms with Crippen molar-refractivity contribution in [1.82, 2.24) is 15.1 Å². The summed E-state index contributed by atoms with van der Waals surface area (Å²) in [5.41, 5.74) is 1.09. The molecule has 2 saturated heterocycles. The highest BCUT2D eigenvalue weighted by atomic mass is 16.2. The molecule has 3 fully saturated rings. The third kappa shape index (κ3) is 6.11. The van der Waals surface area contributed by atoms with Crippen molar-refractivity contribution in [1.29, 1.82) is 0 Å². The quantitative estimate of drug-likeness (QED) is 0.707. The fourth-order valence-corrected chi connectivity index (χ4v) is 5.46. The van der Waals surface area contributed by atoms with E-state index in [0.717, 1.165) is 43.8 Å². The van der Waals surface area contributed by atoms with Crippen molar-refractivity contribution >= 4 is 17.7 Å². The topological polar surface area (TPSA) is 69.7 Å². The number of hydrogen-bond donors (Lipinski definition) is 1. The molecule has 6 heteroatoms. The summed E-state index contributed by atoms with van der Waals surface area (Å²) in [6, 6.07) is 10.0. The molecule has 32 heavy (non-hydrogen) atoms.